The van der Waals surface area contributed by atoms with Crippen LogP contribution in [0, 0.1) is 6.92 Å². The maximum atomic E-state index is 13.6. The first-order chi connectivity index (χ1) is 19.9. The molecule has 42 heavy (non-hydrogen) atoms. The minimum atomic E-state index is -3.74. The van der Waals surface area contributed by atoms with E-state index in [4.69, 9.17) is 14.2 Å². The summed E-state index contributed by atoms with van der Waals surface area (Å²) in [5.41, 5.74) is 0.940. The molecule has 3 aliphatic rings. The molecular weight excluding hydrogens is 586 g/mol. The number of anilines is 1. The fourth-order valence-corrected chi connectivity index (χ4v) is 8.13. The van der Waals surface area contributed by atoms with Gasteiger partial charge in [-0.2, -0.15) is 4.31 Å². The molecule has 2 atom stereocenters. The number of aliphatic hydroxyl groups excluding tert-OH is 1. The highest BCUT2D eigenvalue weighted by molar-refractivity contribution is 7.89. The Hall–Kier alpha value is -2.53. The Kier molecular flexibility index (Phi) is 9.00. The number of rotatable bonds is 10. The van der Waals surface area contributed by atoms with Crippen LogP contribution in [0.4, 0.5) is 5.69 Å². The van der Waals surface area contributed by atoms with Crippen molar-refractivity contribution in [3.63, 3.8) is 0 Å². The zero-order valence-electron chi connectivity index (χ0n) is 24.1. The number of aliphatic hydroxyl groups is 1. The largest absolute Gasteiger partial charge is 0.491 e. The number of aromatic nitrogens is 1. The zero-order valence-corrected chi connectivity index (χ0v) is 25.7. The highest BCUT2D eigenvalue weighted by Crippen LogP contribution is 2.40. The molecule has 2 aromatic rings. The van der Waals surface area contributed by atoms with Crippen LogP contribution in [-0.2, 0) is 24.8 Å². The van der Waals surface area contributed by atoms with Gasteiger partial charge in [0.25, 0.3) is 0 Å². The highest BCUT2D eigenvalue weighted by Gasteiger charge is 2.45. The van der Waals surface area contributed by atoms with Gasteiger partial charge in [-0.25, -0.2) is 26.5 Å². The lowest BCUT2D eigenvalue weighted by Gasteiger charge is -2.38. The summed E-state index contributed by atoms with van der Waals surface area (Å²) in [6.45, 7) is 4.38. The second-order valence-corrected chi connectivity index (χ2v) is 14.8. The molecule has 4 heterocycles. The van der Waals surface area contributed by atoms with Crippen LogP contribution in [0.2, 0.25) is 0 Å². The molecule has 0 radical (unpaired) electrons. The Bertz CT molecular complexity index is 1500. The van der Waals surface area contributed by atoms with Gasteiger partial charge < -0.3 is 29.5 Å². The van der Waals surface area contributed by atoms with Crippen LogP contribution in [0.25, 0.3) is 0 Å². The van der Waals surface area contributed by atoms with Crippen molar-refractivity contribution >= 4 is 25.7 Å². The number of nitrogens with one attached hydrogen (secondary N) is 2. The van der Waals surface area contributed by atoms with Crippen molar-refractivity contribution in [1.29, 1.82) is 0 Å². The van der Waals surface area contributed by atoms with Crippen LogP contribution in [-0.4, -0.2) is 109 Å². The second kappa shape index (κ2) is 12.2. The summed E-state index contributed by atoms with van der Waals surface area (Å²) in [4.78, 5) is 6.56. The lowest BCUT2D eigenvalue weighted by molar-refractivity contribution is -0.0312. The van der Waals surface area contributed by atoms with Crippen molar-refractivity contribution in [2.45, 2.75) is 53.7 Å². The van der Waals surface area contributed by atoms with Gasteiger partial charge in [-0.3, -0.25) is 0 Å². The molecule has 5 rings (SSSR count). The fourth-order valence-electron chi connectivity index (χ4n) is 5.76. The van der Waals surface area contributed by atoms with Crippen LogP contribution >= 0.6 is 0 Å². The fraction of sp³-hybridized carbons (Fsp3) is 0.593. The second-order valence-electron chi connectivity index (χ2n) is 11.0. The van der Waals surface area contributed by atoms with Gasteiger partial charge in [0.2, 0.25) is 25.9 Å². The van der Waals surface area contributed by atoms with Crippen LogP contribution in [0.5, 0.6) is 11.6 Å². The normalized spacial score (nSPS) is 21.6. The monoisotopic (exact) mass is 625 g/mol. The first-order valence-corrected chi connectivity index (χ1v) is 16.9. The van der Waals surface area contributed by atoms with Crippen molar-refractivity contribution in [2.24, 2.45) is 0 Å². The van der Waals surface area contributed by atoms with Crippen LogP contribution < -0.4 is 24.4 Å². The number of benzene rings is 1. The van der Waals surface area contributed by atoms with E-state index in [1.165, 1.54) is 29.7 Å². The highest BCUT2D eigenvalue weighted by atomic mass is 32.2. The maximum Gasteiger partial charge on any atom is 0.244 e. The summed E-state index contributed by atoms with van der Waals surface area (Å²) in [6.07, 6.45) is 2.43. The Balaban J connectivity index is 1.11. The third-order valence-corrected chi connectivity index (χ3v) is 11.6. The predicted octanol–water partition coefficient (Wildman–Crippen LogP) is 0.468. The maximum absolute atomic E-state index is 13.6. The van der Waals surface area contributed by atoms with E-state index in [2.05, 4.69) is 15.0 Å². The Labute approximate surface area is 247 Å². The molecule has 3 N–H and O–H groups in total. The number of hydrogen-bond acceptors (Lipinski definition) is 11. The molecule has 0 aliphatic carbocycles. The van der Waals surface area contributed by atoms with Crippen molar-refractivity contribution in [2.75, 3.05) is 65.0 Å². The standard InChI is InChI=1S/C27H39N5O8S2/c1-19-24(16-30-26-25(19)31(3)11-12-38-26)42(36,37)32-9-7-27(8-10-32)14-20(17-40-27)29-15-21(33)18-39-22-5-4-6-23(13-22)41(34,35)28-2/h4-6,13,16,20-21,28-29,33H,7-12,14-15,17-18H2,1-3H3/t20-,21?/m1/s1. The summed E-state index contributed by atoms with van der Waals surface area (Å²) in [5, 5.41) is 13.8. The number of likely N-dealkylation sites (N-methyl/N-ethyl adjacent to an activating group) is 1. The third-order valence-electron chi connectivity index (χ3n) is 8.20. The molecule has 2 saturated heterocycles. The number of fused-ring (bicyclic) bond motifs is 1. The first-order valence-electron chi connectivity index (χ1n) is 14.0. The molecule has 0 bridgehead atoms. The molecule has 232 valence electrons. The van der Waals surface area contributed by atoms with E-state index in [9.17, 15) is 21.9 Å². The average molecular weight is 626 g/mol. The molecule has 15 heteroatoms. The topological polar surface area (TPSA) is 160 Å². The van der Waals surface area contributed by atoms with E-state index >= 15 is 0 Å². The summed E-state index contributed by atoms with van der Waals surface area (Å²) < 4.78 is 72.4. The number of nitrogens with zero attached hydrogens (tertiary/aromatic N) is 3. The third kappa shape index (κ3) is 6.37. The van der Waals surface area contributed by atoms with Crippen molar-refractivity contribution in [1.82, 2.24) is 19.3 Å². The molecule has 2 fully saturated rings. The smallest absolute Gasteiger partial charge is 0.244 e. The predicted molar refractivity (Wildman–Crippen MR) is 155 cm³/mol. The van der Waals surface area contributed by atoms with Gasteiger partial charge in [0.1, 0.15) is 35.7 Å². The van der Waals surface area contributed by atoms with Gasteiger partial charge in [0.05, 0.1) is 29.8 Å². The van der Waals surface area contributed by atoms with Crippen molar-refractivity contribution < 1.29 is 36.2 Å². The molecule has 1 unspecified atom stereocenters. The zero-order chi connectivity index (χ0) is 30.1. The van der Waals surface area contributed by atoms with Crippen LogP contribution in [0.1, 0.15) is 24.8 Å². The summed E-state index contributed by atoms with van der Waals surface area (Å²) in [6, 6.07) is 6.09. The molecular formula is C27H39N5O8S2. The average Bonchev–Trinajstić information content (AvgIpc) is 3.37. The van der Waals surface area contributed by atoms with Crippen LogP contribution in [0.15, 0.2) is 40.3 Å². The number of hydrogen-bond donors (Lipinski definition) is 3. The Morgan fingerprint density at radius 1 is 1.21 bits per heavy atom. The molecule has 0 amide bonds. The summed E-state index contributed by atoms with van der Waals surface area (Å²) >= 11 is 0. The van der Waals surface area contributed by atoms with Crippen LogP contribution in [0.3, 0.4) is 0 Å². The SMILES string of the molecule is CNS(=O)(=O)c1cccc(OCC(O)CN[C@H]2COC3(CCN(S(=O)(=O)c4cnc5c(c4C)N(C)CCO5)CC3)C2)c1. The van der Waals surface area contributed by atoms with Gasteiger partial charge in [0, 0.05) is 38.8 Å². The molecule has 0 saturated carbocycles. The van der Waals surface area contributed by atoms with E-state index in [0.29, 0.717) is 75.0 Å². The van der Waals surface area contributed by atoms with E-state index < -0.39 is 31.8 Å². The minimum Gasteiger partial charge on any atom is -0.491 e. The number of piperidine rings is 1. The van der Waals surface area contributed by atoms with Crippen molar-refractivity contribution in [3.05, 3.63) is 36.0 Å². The van der Waals surface area contributed by atoms with Crippen molar-refractivity contribution in [3.8, 4) is 11.6 Å². The molecule has 1 spiro atoms. The number of sulfonamides is 2. The lowest BCUT2D eigenvalue weighted by atomic mass is 9.88. The quantitative estimate of drug-likeness (QED) is 0.337. The van der Waals surface area contributed by atoms with Gasteiger partial charge in [-0.15, -0.1) is 0 Å². The summed E-state index contributed by atoms with van der Waals surface area (Å²) in [5.74, 6) is 0.804. The van der Waals surface area contributed by atoms with E-state index in [0.717, 1.165) is 0 Å². The Morgan fingerprint density at radius 2 is 1.98 bits per heavy atom. The van der Waals surface area contributed by atoms with E-state index in [-0.39, 0.29) is 29.0 Å². The minimum absolute atomic E-state index is 0.00883. The molecule has 1 aromatic carbocycles. The van der Waals surface area contributed by atoms with Gasteiger partial charge in [0.15, 0.2) is 0 Å². The van der Waals surface area contributed by atoms with Gasteiger partial charge in [-0.05, 0) is 50.9 Å². The Morgan fingerprint density at radius 3 is 2.71 bits per heavy atom. The van der Waals surface area contributed by atoms with Gasteiger partial charge >= 0.3 is 0 Å². The summed E-state index contributed by atoms with van der Waals surface area (Å²) in [7, 11) is -4.09. The van der Waals surface area contributed by atoms with E-state index in [1.54, 1.807) is 19.1 Å². The molecule has 1 aromatic heterocycles. The number of ether oxygens (including phenoxy) is 3. The molecule has 13 nitrogen and oxygen atoms in total. The molecule has 3 aliphatic heterocycles. The number of pyridine rings is 1. The lowest BCUT2D eigenvalue weighted by Crippen LogP contribution is -2.47. The van der Waals surface area contributed by atoms with E-state index in [1.807, 2.05) is 11.9 Å². The van der Waals surface area contributed by atoms with Gasteiger partial charge in [-0.1, -0.05) is 6.07 Å². The first kappa shape index (κ1) is 30.9.